The van der Waals surface area contributed by atoms with Crippen LogP contribution in [0.25, 0.3) is 0 Å². The predicted octanol–water partition coefficient (Wildman–Crippen LogP) is -0.557. The number of carbonyl (C=O) groups excluding carboxylic acids is 1. The predicted molar refractivity (Wildman–Crippen MR) is 52.8 cm³/mol. The summed E-state index contributed by atoms with van der Waals surface area (Å²) in [7, 11) is 1.56. The van der Waals surface area contributed by atoms with Crippen molar-refractivity contribution in [3.05, 3.63) is 0 Å². The standard InChI is InChI=1S/C6H13IN2O3/c1-11-3-5(4-12-7)9-6(10)2-8/h5H,2-4,8H2,1H3,(H,9,10). The lowest BCUT2D eigenvalue weighted by molar-refractivity contribution is -0.121. The highest BCUT2D eigenvalue weighted by Gasteiger charge is 2.10. The summed E-state index contributed by atoms with van der Waals surface area (Å²) >= 11 is 1.76. The van der Waals surface area contributed by atoms with E-state index in [-0.39, 0.29) is 18.5 Å². The maximum atomic E-state index is 10.8. The molecule has 12 heavy (non-hydrogen) atoms. The van der Waals surface area contributed by atoms with E-state index < -0.39 is 0 Å². The normalized spacial score (nSPS) is 12.6. The van der Waals surface area contributed by atoms with E-state index in [9.17, 15) is 4.79 Å². The maximum absolute atomic E-state index is 10.8. The van der Waals surface area contributed by atoms with Gasteiger partial charge in [0.1, 0.15) is 23.0 Å². The number of hydrogen-bond acceptors (Lipinski definition) is 4. The summed E-state index contributed by atoms with van der Waals surface area (Å²) in [4.78, 5) is 10.8. The fourth-order valence-electron chi connectivity index (χ4n) is 0.695. The largest absolute Gasteiger partial charge is 0.382 e. The summed E-state index contributed by atoms with van der Waals surface area (Å²) in [6, 6.07) is -0.122. The molecule has 0 aliphatic rings. The second kappa shape index (κ2) is 7.71. The van der Waals surface area contributed by atoms with E-state index in [0.717, 1.165) is 0 Å². The van der Waals surface area contributed by atoms with Crippen LogP contribution >= 0.6 is 23.0 Å². The van der Waals surface area contributed by atoms with Crippen LogP contribution in [0.5, 0.6) is 0 Å². The third-order valence-corrected chi connectivity index (χ3v) is 1.54. The molecule has 0 heterocycles. The quantitative estimate of drug-likeness (QED) is 0.643. The first-order chi connectivity index (χ1) is 5.74. The van der Waals surface area contributed by atoms with Gasteiger partial charge in [-0.2, -0.15) is 0 Å². The van der Waals surface area contributed by atoms with Crippen LogP contribution in [0.4, 0.5) is 0 Å². The molecule has 0 bridgehead atoms. The van der Waals surface area contributed by atoms with Gasteiger partial charge in [-0.15, -0.1) is 0 Å². The molecule has 1 atom stereocenters. The Kier molecular flexibility index (Phi) is 7.77. The number of carbonyl (C=O) groups is 1. The summed E-state index contributed by atoms with van der Waals surface area (Å²) in [6.07, 6.45) is 0. The molecule has 3 N–H and O–H groups in total. The Labute approximate surface area is 85.7 Å². The molecule has 0 aromatic carbocycles. The van der Waals surface area contributed by atoms with Gasteiger partial charge in [-0.25, -0.2) is 0 Å². The number of halogens is 1. The number of nitrogens with two attached hydrogens (primary N) is 1. The molecule has 0 aliphatic heterocycles. The molecule has 0 saturated carbocycles. The van der Waals surface area contributed by atoms with Crippen molar-refractivity contribution in [3.8, 4) is 0 Å². The minimum Gasteiger partial charge on any atom is -0.382 e. The highest BCUT2D eigenvalue weighted by molar-refractivity contribution is 14.1. The van der Waals surface area contributed by atoms with Gasteiger partial charge in [0, 0.05) is 7.11 Å². The Balaban J connectivity index is 3.68. The monoisotopic (exact) mass is 288 g/mol. The summed E-state index contributed by atoms with van der Waals surface area (Å²) in [5.41, 5.74) is 5.12. The second-order valence-corrected chi connectivity index (χ2v) is 2.82. The van der Waals surface area contributed by atoms with E-state index in [4.69, 9.17) is 13.5 Å². The third-order valence-electron chi connectivity index (χ3n) is 1.18. The van der Waals surface area contributed by atoms with Gasteiger partial charge >= 0.3 is 0 Å². The lowest BCUT2D eigenvalue weighted by Gasteiger charge is -2.15. The van der Waals surface area contributed by atoms with E-state index in [0.29, 0.717) is 13.2 Å². The van der Waals surface area contributed by atoms with Gasteiger partial charge in [-0.1, -0.05) is 0 Å². The maximum Gasteiger partial charge on any atom is 0.234 e. The van der Waals surface area contributed by atoms with Gasteiger partial charge in [0.25, 0.3) is 0 Å². The van der Waals surface area contributed by atoms with E-state index in [1.54, 1.807) is 30.1 Å². The summed E-state index contributed by atoms with van der Waals surface area (Å²) in [5.74, 6) is -0.203. The molecule has 6 heteroatoms. The molecular formula is C6H13IN2O3. The summed E-state index contributed by atoms with van der Waals surface area (Å²) < 4.78 is 9.70. The first-order valence-corrected chi connectivity index (χ1v) is 4.34. The van der Waals surface area contributed by atoms with E-state index in [1.165, 1.54) is 0 Å². The average molecular weight is 288 g/mol. The zero-order chi connectivity index (χ0) is 9.40. The molecule has 1 unspecified atom stereocenters. The number of hydrogen-bond donors (Lipinski definition) is 2. The van der Waals surface area contributed by atoms with E-state index in [1.807, 2.05) is 0 Å². The number of nitrogens with one attached hydrogen (secondary N) is 1. The smallest absolute Gasteiger partial charge is 0.234 e. The number of rotatable bonds is 6. The first-order valence-electron chi connectivity index (χ1n) is 3.46. The molecule has 0 saturated heterocycles. The average Bonchev–Trinajstić information content (AvgIpc) is 2.05. The second-order valence-electron chi connectivity index (χ2n) is 2.20. The molecule has 0 aromatic heterocycles. The molecule has 0 fully saturated rings. The van der Waals surface area contributed by atoms with E-state index in [2.05, 4.69) is 5.32 Å². The van der Waals surface area contributed by atoms with Crippen molar-refractivity contribution in [1.82, 2.24) is 5.32 Å². The highest BCUT2D eigenvalue weighted by Crippen LogP contribution is 1.92. The highest BCUT2D eigenvalue weighted by atomic mass is 127. The Hall–Kier alpha value is 0.0800. The fraction of sp³-hybridized carbons (Fsp3) is 0.833. The van der Waals surface area contributed by atoms with Crippen LogP contribution < -0.4 is 11.1 Å². The van der Waals surface area contributed by atoms with Crippen LogP contribution in [-0.2, 0) is 12.6 Å². The number of methoxy groups -OCH3 is 1. The molecular weight excluding hydrogens is 275 g/mol. The van der Waals surface area contributed by atoms with Crippen molar-refractivity contribution in [1.29, 1.82) is 0 Å². The molecule has 0 rings (SSSR count). The van der Waals surface area contributed by atoms with Crippen LogP contribution in [0, 0.1) is 0 Å². The zero-order valence-corrected chi connectivity index (χ0v) is 9.04. The fourth-order valence-corrected chi connectivity index (χ4v) is 1.13. The van der Waals surface area contributed by atoms with Crippen molar-refractivity contribution >= 4 is 28.9 Å². The topological polar surface area (TPSA) is 73.6 Å². The summed E-state index contributed by atoms with van der Waals surface area (Å²) in [6.45, 7) is 0.830. The molecule has 1 amide bonds. The van der Waals surface area contributed by atoms with Crippen molar-refractivity contribution in [2.75, 3.05) is 26.9 Å². The zero-order valence-electron chi connectivity index (χ0n) is 6.88. The lowest BCUT2D eigenvalue weighted by atomic mass is 10.3. The lowest BCUT2D eigenvalue weighted by Crippen LogP contribution is -2.43. The van der Waals surface area contributed by atoms with Gasteiger partial charge in [-0.05, 0) is 0 Å². The van der Waals surface area contributed by atoms with Gasteiger partial charge in [0.05, 0.1) is 25.8 Å². The van der Waals surface area contributed by atoms with Crippen molar-refractivity contribution in [2.24, 2.45) is 5.73 Å². The number of ether oxygens (including phenoxy) is 1. The van der Waals surface area contributed by atoms with E-state index >= 15 is 0 Å². The van der Waals surface area contributed by atoms with Gasteiger partial charge < -0.3 is 18.9 Å². The molecule has 0 spiro atoms. The third kappa shape index (κ3) is 5.70. The molecule has 0 radical (unpaired) electrons. The minimum atomic E-state index is -0.203. The number of amides is 1. The molecule has 0 aromatic rings. The van der Waals surface area contributed by atoms with Crippen molar-refractivity contribution < 1.29 is 12.6 Å². The molecule has 0 aliphatic carbocycles. The van der Waals surface area contributed by atoms with Crippen LogP contribution in [0.3, 0.4) is 0 Å². The SMILES string of the molecule is COCC(COI)NC(=O)CN. The molecule has 72 valence electrons. The first kappa shape index (κ1) is 12.1. The Bertz CT molecular complexity index is 128. The Morgan fingerprint density at radius 2 is 2.33 bits per heavy atom. The molecule has 5 nitrogen and oxygen atoms in total. The van der Waals surface area contributed by atoms with Crippen molar-refractivity contribution in [3.63, 3.8) is 0 Å². The van der Waals surface area contributed by atoms with Gasteiger partial charge in [-0.3, -0.25) is 4.79 Å². The van der Waals surface area contributed by atoms with Crippen LogP contribution in [0.2, 0.25) is 0 Å². The summed E-state index contributed by atoms with van der Waals surface area (Å²) in [5, 5.41) is 2.65. The minimum absolute atomic E-state index is 0.0124. The van der Waals surface area contributed by atoms with Crippen LogP contribution in [0.1, 0.15) is 0 Å². The Morgan fingerprint density at radius 1 is 1.67 bits per heavy atom. The van der Waals surface area contributed by atoms with Crippen molar-refractivity contribution in [2.45, 2.75) is 6.04 Å². The van der Waals surface area contributed by atoms with Gasteiger partial charge in [0.15, 0.2) is 0 Å². The van der Waals surface area contributed by atoms with Crippen LogP contribution in [-0.4, -0.2) is 38.8 Å². The van der Waals surface area contributed by atoms with Gasteiger partial charge in [0.2, 0.25) is 5.91 Å². The van der Waals surface area contributed by atoms with Crippen LogP contribution in [0.15, 0.2) is 0 Å². The Morgan fingerprint density at radius 3 is 2.75 bits per heavy atom.